The highest BCUT2D eigenvalue weighted by molar-refractivity contribution is 5.94. The number of benzene rings is 2. The highest BCUT2D eigenvalue weighted by Gasteiger charge is 2.20. The lowest BCUT2D eigenvalue weighted by Gasteiger charge is -2.22. The van der Waals surface area contributed by atoms with Crippen LogP contribution < -0.4 is 0 Å². The summed E-state index contributed by atoms with van der Waals surface area (Å²) in [6, 6.07) is 12.7. The van der Waals surface area contributed by atoms with Gasteiger partial charge in [-0.05, 0) is 42.3 Å². The van der Waals surface area contributed by atoms with Crippen molar-refractivity contribution >= 4 is 11.9 Å². The van der Waals surface area contributed by atoms with Crippen LogP contribution in [0.25, 0.3) is 0 Å². The lowest BCUT2D eigenvalue weighted by Crippen LogP contribution is -2.35. The fourth-order valence-electron chi connectivity index (χ4n) is 3.20. The summed E-state index contributed by atoms with van der Waals surface area (Å²) < 4.78 is 13.3. The maximum Gasteiger partial charge on any atom is 0.335 e. The van der Waals surface area contributed by atoms with Crippen molar-refractivity contribution in [3.63, 3.8) is 0 Å². The van der Waals surface area contributed by atoms with E-state index >= 15 is 0 Å². The quantitative estimate of drug-likeness (QED) is 0.915. The summed E-state index contributed by atoms with van der Waals surface area (Å²) >= 11 is 0. The van der Waals surface area contributed by atoms with Crippen LogP contribution >= 0.6 is 0 Å². The molecule has 1 aliphatic heterocycles. The molecular weight excluding hydrogens is 335 g/mol. The third-order valence-electron chi connectivity index (χ3n) is 4.53. The number of nitrogens with zero attached hydrogens (tertiary/aromatic N) is 2. The van der Waals surface area contributed by atoms with Crippen molar-refractivity contribution in [3.8, 4) is 0 Å². The van der Waals surface area contributed by atoms with Crippen LogP contribution in [0.2, 0.25) is 0 Å². The van der Waals surface area contributed by atoms with Gasteiger partial charge in [0.05, 0.1) is 5.56 Å². The van der Waals surface area contributed by atoms with Gasteiger partial charge in [0.25, 0.3) is 5.91 Å². The minimum atomic E-state index is -0.936. The molecule has 1 heterocycles. The molecule has 1 saturated heterocycles. The lowest BCUT2D eigenvalue weighted by molar-refractivity contribution is 0.0695. The number of aromatic carboxylic acids is 1. The lowest BCUT2D eigenvalue weighted by atomic mass is 10.1. The molecule has 2 aromatic rings. The zero-order chi connectivity index (χ0) is 18.5. The Morgan fingerprint density at radius 1 is 0.962 bits per heavy atom. The second-order valence-electron chi connectivity index (χ2n) is 6.44. The van der Waals surface area contributed by atoms with Crippen LogP contribution in [0.15, 0.2) is 48.5 Å². The molecule has 2 aromatic carbocycles. The molecule has 0 spiro atoms. The van der Waals surface area contributed by atoms with E-state index in [0.29, 0.717) is 31.7 Å². The van der Waals surface area contributed by atoms with Crippen LogP contribution in [0.3, 0.4) is 0 Å². The minimum absolute atomic E-state index is 0.153. The van der Waals surface area contributed by atoms with E-state index < -0.39 is 11.8 Å². The summed E-state index contributed by atoms with van der Waals surface area (Å²) in [6.07, 6.45) is 0.819. The number of amides is 1. The summed E-state index contributed by atoms with van der Waals surface area (Å²) in [5, 5.41) is 9.10. The van der Waals surface area contributed by atoms with Gasteiger partial charge in [0.15, 0.2) is 0 Å². The van der Waals surface area contributed by atoms with Gasteiger partial charge >= 0.3 is 5.97 Å². The van der Waals surface area contributed by atoms with Crippen LogP contribution in [0.1, 0.15) is 32.7 Å². The Morgan fingerprint density at radius 3 is 2.50 bits per heavy atom. The van der Waals surface area contributed by atoms with Gasteiger partial charge in [0.1, 0.15) is 5.82 Å². The second-order valence-corrected chi connectivity index (χ2v) is 6.44. The first kappa shape index (κ1) is 18.1. The normalized spacial score (nSPS) is 15.5. The van der Waals surface area contributed by atoms with Crippen molar-refractivity contribution in [3.05, 3.63) is 71.0 Å². The van der Waals surface area contributed by atoms with E-state index in [1.165, 1.54) is 12.1 Å². The largest absolute Gasteiger partial charge is 0.478 e. The van der Waals surface area contributed by atoms with Crippen LogP contribution in [-0.4, -0.2) is 53.0 Å². The molecule has 136 valence electrons. The van der Waals surface area contributed by atoms with Crippen LogP contribution in [0, 0.1) is 5.82 Å². The van der Waals surface area contributed by atoms with E-state index in [-0.39, 0.29) is 11.5 Å². The average Bonchev–Trinajstić information content (AvgIpc) is 2.87. The number of carbonyl (C=O) groups is 2. The monoisotopic (exact) mass is 356 g/mol. The van der Waals surface area contributed by atoms with E-state index in [1.54, 1.807) is 35.2 Å². The van der Waals surface area contributed by atoms with Crippen molar-refractivity contribution in [2.24, 2.45) is 0 Å². The Morgan fingerprint density at radius 2 is 1.73 bits per heavy atom. The molecular formula is C20H21FN2O3. The first-order valence-electron chi connectivity index (χ1n) is 8.62. The molecule has 26 heavy (non-hydrogen) atoms. The molecule has 0 atom stereocenters. The SMILES string of the molecule is O=C(O)c1cccc(CN2CCCN(C(=O)c3cccc(F)c3)CC2)c1. The topological polar surface area (TPSA) is 60.9 Å². The van der Waals surface area contributed by atoms with Gasteiger partial charge in [-0.2, -0.15) is 0 Å². The highest BCUT2D eigenvalue weighted by Crippen LogP contribution is 2.14. The molecule has 3 rings (SSSR count). The Hall–Kier alpha value is -2.73. The van der Waals surface area contributed by atoms with Crippen molar-refractivity contribution in [1.29, 1.82) is 0 Å². The van der Waals surface area contributed by atoms with E-state index in [4.69, 9.17) is 5.11 Å². The Balaban J connectivity index is 1.62. The number of halogens is 1. The Kier molecular flexibility index (Phi) is 5.63. The number of hydrogen-bond acceptors (Lipinski definition) is 3. The maximum absolute atomic E-state index is 13.3. The van der Waals surface area contributed by atoms with E-state index in [0.717, 1.165) is 18.5 Å². The summed E-state index contributed by atoms with van der Waals surface area (Å²) in [4.78, 5) is 27.6. The zero-order valence-electron chi connectivity index (χ0n) is 14.4. The van der Waals surface area contributed by atoms with Gasteiger partial charge in [-0.3, -0.25) is 9.69 Å². The number of rotatable bonds is 4. The molecule has 5 nitrogen and oxygen atoms in total. The fourth-order valence-corrected chi connectivity index (χ4v) is 3.20. The predicted octanol–water partition coefficient (Wildman–Crippen LogP) is 2.87. The predicted molar refractivity (Wildman–Crippen MR) is 95.6 cm³/mol. The van der Waals surface area contributed by atoms with Crippen molar-refractivity contribution < 1.29 is 19.1 Å². The molecule has 0 bridgehead atoms. The van der Waals surface area contributed by atoms with Gasteiger partial charge in [-0.1, -0.05) is 18.2 Å². The Labute approximate surface area is 151 Å². The molecule has 0 aliphatic carbocycles. The van der Waals surface area contributed by atoms with Crippen molar-refractivity contribution in [1.82, 2.24) is 9.80 Å². The molecule has 1 aliphatic rings. The number of carboxylic acids is 1. The molecule has 0 unspecified atom stereocenters. The molecule has 0 radical (unpaired) electrons. The summed E-state index contributed by atoms with van der Waals surface area (Å²) in [6.45, 7) is 3.35. The van der Waals surface area contributed by atoms with Crippen LogP contribution in [0.4, 0.5) is 4.39 Å². The maximum atomic E-state index is 13.3. The van der Waals surface area contributed by atoms with Crippen molar-refractivity contribution in [2.75, 3.05) is 26.2 Å². The van der Waals surface area contributed by atoms with Gasteiger partial charge in [0, 0.05) is 38.3 Å². The average molecular weight is 356 g/mol. The van der Waals surface area contributed by atoms with E-state index in [9.17, 15) is 14.0 Å². The summed E-state index contributed by atoms with van der Waals surface area (Å²) in [5.41, 5.74) is 1.59. The van der Waals surface area contributed by atoms with Gasteiger partial charge < -0.3 is 10.0 Å². The summed E-state index contributed by atoms with van der Waals surface area (Å²) in [7, 11) is 0. The van der Waals surface area contributed by atoms with Crippen LogP contribution in [-0.2, 0) is 6.54 Å². The van der Waals surface area contributed by atoms with Gasteiger partial charge in [-0.25, -0.2) is 9.18 Å². The molecule has 0 saturated carbocycles. The van der Waals surface area contributed by atoms with Crippen molar-refractivity contribution in [2.45, 2.75) is 13.0 Å². The molecule has 1 fully saturated rings. The molecule has 0 aromatic heterocycles. The number of hydrogen-bond donors (Lipinski definition) is 1. The zero-order valence-corrected chi connectivity index (χ0v) is 14.4. The number of carbonyl (C=O) groups excluding carboxylic acids is 1. The highest BCUT2D eigenvalue weighted by atomic mass is 19.1. The molecule has 1 amide bonds. The third kappa shape index (κ3) is 4.46. The van der Waals surface area contributed by atoms with E-state index in [2.05, 4.69) is 4.90 Å². The smallest absolute Gasteiger partial charge is 0.335 e. The summed E-state index contributed by atoms with van der Waals surface area (Å²) in [5.74, 6) is -1.50. The number of carboxylic acid groups (broad SMARTS) is 1. The molecule has 1 N–H and O–H groups in total. The Bertz CT molecular complexity index is 809. The second kappa shape index (κ2) is 8.10. The molecule has 6 heteroatoms. The first-order valence-corrected chi connectivity index (χ1v) is 8.62. The first-order chi connectivity index (χ1) is 12.5. The van der Waals surface area contributed by atoms with Gasteiger partial charge in [-0.15, -0.1) is 0 Å². The third-order valence-corrected chi connectivity index (χ3v) is 4.53. The minimum Gasteiger partial charge on any atom is -0.478 e. The van der Waals surface area contributed by atoms with Crippen LogP contribution in [0.5, 0.6) is 0 Å². The van der Waals surface area contributed by atoms with E-state index in [1.807, 2.05) is 6.07 Å². The fraction of sp³-hybridized carbons (Fsp3) is 0.300. The van der Waals surface area contributed by atoms with Gasteiger partial charge in [0.2, 0.25) is 0 Å². The standard InChI is InChI=1S/C20H21FN2O3/c21-18-7-2-5-16(13-18)19(24)23-9-3-8-22(10-11-23)14-15-4-1-6-17(12-15)20(25)26/h1-2,4-7,12-13H,3,8-11,14H2,(H,25,26).